The van der Waals surface area contributed by atoms with Crippen LogP contribution in [0.4, 0.5) is 0 Å². The Hall–Kier alpha value is -1.39. The zero-order valence-electron chi connectivity index (χ0n) is 12.2. The van der Waals surface area contributed by atoms with Crippen molar-refractivity contribution in [2.75, 3.05) is 7.05 Å². The van der Waals surface area contributed by atoms with Gasteiger partial charge in [-0.25, -0.2) is 4.98 Å². The van der Waals surface area contributed by atoms with Crippen LogP contribution in [0.2, 0.25) is 0 Å². The standard InChI is InChI=1S/C15H24N4/c1-10-18-13-6-5-11(9-14(13)19-10)12(17-4)7-8-15(2,3)16/h5-6,9,12,17H,7-8,16H2,1-4H3,(H,18,19). The molecule has 4 N–H and O–H groups in total. The zero-order valence-corrected chi connectivity index (χ0v) is 12.2. The summed E-state index contributed by atoms with van der Waals surface area (Å²) in [7, 11) is 2.00. The summed E-state index contributed by atoms with van der Waals surface area (Å²) < 4.78 is 0. The Balaban J connectivity index is 2.20. The number of nitrogens with one attached hydrogen (secondary N) is 2. The fraction of sp³-hybridized carbons (Fsp3) is 0.533. The van der Waals surface area contributed by atoms with Crippen LogP contribution in [0.25, 0.3) is 11.0 Å². The van der Waals surface area contributed by atoms with E-state index in [0.717, 1.165) is 29.7 Å². The van der Waals surface area contributed by atoms with Gasteiger partial charge >= 0.3 is 0 Å². The third-order valence-corrected chi connectivity index (χ3v) is 3.45. The summed E-state index contributed by atoms with van der Waals surface area (Å²) in [5.74, 6) is 0.955. The SMILES string of the molecule is CNC(CCC(C)(C)N)c1ccc2nc(C)[nH]c2c1. The van der Waals surface area contributed by atoms with E-state index < -0.39 is 0 Å². The Kier molecular flexibility index (Phi) is 3.92. The highest BCUT2D eigenvalue weighted by molar-refractivity contribution is 5.75. The summed E-state index contributed by atoms with van der Waals surface area (Å²) in [5, 5.41) is 3.37. The Bertz CT molecular complexity index is 551. The molecule has 4 nitrogen and oxygen atoms in total. The predicted octanol–water partition coefficient (Wildman–Crippen LogP) is 2.65. The number of aromatic nitrogens is 2. The fourth-order valence-electron chi connectivity index (χ4n) is 2.37. The molecule has 0 aliphatic rings. The molecule has 0 saturated heterocycles. The van der Waals surface area contributed by atoms with Crippen molar-refractivity contribution in [1.82, 2.24) is 15.3 Å². The number of aryl methyl sites for hydroxylation is 1. The topological polar surface area (TPSA) is 66.7 Å². The summed E-state index contributed by atoms with van der Waals surface area (Å²) in [6, 6.07) is 6.73. The molecule has 1 heterocycles. The number of hydrogen-bond donors (Lipinski definition) is 3. The van der Waals surface area contributed by atoms with Crippen molar-refractivity contribution in [3.63, 3.8) is 0 Å². The maximum Gasteiger partial charge on any atom is 0.104 e. The maximum atomic E-state index is 6.07. The number of imidazole rings is 1. The molecule has 2 aromatic rings. The molecule has 1 unspecified atom stereocenters. The number of aromatic amines is 1. The van der Waals surface area contributed by atoms with E-state index in [2.05, 4.69) is 47.3 Å². The lowest BCUT2D eigenvalue weighted by Crippen LogP contribution is -2.33. The number of rotatable bonds is 5. The molecule has 1 aromatic heterocycles. The Morgan fingerprint density at radius 1 is 1.42 bits per heavy atom. The van der Waals surface area contributed by atoms with Gasteiger partial charge in [0.15, 0.2) is 0 Å². The molecule has 104 valence electrons. The number of hydrogen-bond acceptors (Lipinski definition) is 3. The molecule has 2 rings (SSSR count). The molecule has 1 atom stereocenters. The highest BCUT2D eigenvalue weighted by Crippen LogP contribution is 2.24. The number of benzene rings is 1. The van der Waals surface area contributed by atoms with Gasteiger partial charge in [0.25, 0.3) is 0 Å². The van der Waals surface area contributed by atoms with Crippen LogP contribution in [0, 0.1) is 6.92 Å². The van der Waals surface area contributed by atoms with Gasteiger partial charge in [0.05, 0.1) is 11.0 Å². The van der Waals surface area contributed by atoms with Gasteiger partial charge in [0.2, 0.25) is 0 Å². The zero-order chi connectivity index (χ0) is 14.0. The Morgan fingerprint density at radius 3 is 2.79 bits per heavy atom. The van der Waals surface area contributed by atoms with Gasteiger partial charge in [-0.1, -0.05) is 6.07 Å². The maximum absolute atomic E-state index is 6.07. The summed E-state index contributed by atoms with van der Waals surface area (Å²) in [5.41, 5.74) is 9.35. The summed E-state index contributed by atoms with van der Waals surface area (Å²) >= 11 is 0. The summed E-state index contributed by atoms with van der Waals surface area (Å²) in [4.78, 5) is 7.72. The molecule has 0 fully saturated rings. The summed E-state index contributed by atoms with van der Waals surface area (Å²) in [6.07, 6.45) is 2.01. The van der Waals surface area contributed by atoms with E-state index >= 15 is 0 Å². The van der Waals surface area contributed by atoms with E-state index in [1.165, 1.54) is 5.56 Å². The average Bonchev–Trinajstić information content (AvgIpc) is 2.67. The Morgan fingerprint density at radius 2 is 2.16 bits per heavy atom. The normalized spacial score (nSPS) is 13.9. The molecular formula is C15H24N4. The molecule has 1 aromatic carbocycles. The molecule has 0 aliphatic heterocycles. The van der Waals surface area contributed by atoms with Crippen LogP contribution >= 0.6 is 0 Å². The molecule has 0 spiro atoms. The third-order valence-electron chi connectivity index (χ3n) is 3.45. The molecule has 4 heteroatoms. The van der Waals surface area contributed by atoms with Gasteiger partial charge in [-0.15, -0.1) is 0 Å². The molecule has 19 heavy (non-hydrogen) atoms. The first-order valence-corrected chi connectivity index (χ1v) is 6.81. The van der Waals surface area contributed by atoms with Crippen molar-refractivity contribution < 1.29 is 0 Å². The smallest absolute Gasteiger partial charge is 0.104 e. The van der Waals surface area contributed by atoms with Crippen LogP contribution < -0.4 is 11.1 Å². The second kappa shape index (κ2) is 5.31. The van der Waals surface area contributed by atoms with Crippen molar-refractivity contribution >= 4 is 11.0 Å². The quantitative estimate of drug-likeness (QED) is 0.774. The lowest BCUT2D eigenvalue weighted by Gasteiger charge is -2.23. The second-order valence-corrected chi connectivity index (χ2v) is 5.97. The van der Waals surface area contributed by atoms with E-state index in [1.807, 2.05) is 14.0 Å². The molecule has 0 aliphatic carbocycles. The minimum absolute atomic E-state index is 0.121. The van der Waals surface area contributed by atoms with Gasteiger partial charge in [-0.05, 0) is 58.4 Å². The van der Waals surface area contributed by atoms with Crippen molar-refractivity contribution in [2.24, 2.45) is 5.73 Å². The van der Waals surface area contributed by atoms with Crippen molar-refractivity contribution in [1.29, 1.82) is 0 Å². The molecule has 0 bridgehead atoms. The van der Waals surface area contributed by atoms with E-state index in [4.69, 9.17) is 5.73 Å². The highest BCUT2D eigenvalue weighted by atomic mass is 14.9. The number of nitrogens with zero attached hydrogens (tertiary/aromatic N) is 1. The van der Waals surface area contributed by atoms with Crippen LogP contribution in [0.1, 0.15) is 44.1 Å². The molecule has 0 saturated carbocycles. The summed E-state index contributed by atoms with van der Waals surface area (Å²) in [6.45, 7) is 6.12. The van der Waals surface area contributed by atoms with Crippen LogP contribution in [0.15, 0.2) is 18.2 Å². The van der Waals surface area contributed by atoms with Crippen molar-refractivity contribution in [2.45, 2.75) is 45.2 Å². The van der Waals surface area contributed by atoms with Gasteiger partial charge in [0, 0.05) is 11.6 Å². The van der Waals surface area contributed by atoms with Crippen LogP contribution in [-0.4, -0.2) is 22.6 Å². The van der Waals surface area contributed by atoms with Gasteiger partial charge in [0.1, 0.15) is 5.82 Å². The number of nitrogens with two attached hydrogens (primary N) is 1. The van der Waals surface area contributed by atoms with Gasteiger partial charge in [-0.3, -0.25) is 0 Å². The first-order chi connectivity index (χ1) is 8.89. The van der Waals surface area contributed by atoms with E-state index in [9.17, 15) is 0 Å². The third kappa shape index (κ3) is 3.55. The van der Waals surface area contributed by atoms with E-state index in [-0.39, 0.29) is 5.54 Å². The molecule has 0 radical (unpaired) electrons. The minimum atomic E-state index is -0.121. The largest absolute Gasteiger partial charge is 0.342 e. The van der Waals surface area contributed by atoms with Crippen LogP contribution in [-0.2, 0) is 0 Å². The Labute approximate surface area is 114 Å². The van der Waals surface area contributed by atoms with Gasteiger partial charge in [-0.2, -0.15) is 0 Å². The fourth-order valence-corrected chi connectivity index (χ4v) is 2.37. The first-order valence-electron chi connectivity index (χ1n) is 6.81. The van der Waals surface area contributed by atoms with Crippen LogP contribution in [0.3, 0.4) is 0 Å². The van der Waals surface area contributed by atoms with E-state index in [0.29, 0.717) is 6.04 Å². The highest BCUT2D eigenvalue weighted by Gasteiger charge is 2.16. The predicted molar refractivity (Wildman–Crippen MR) is 80.1 cm³/mol. The molecule has 0 amide bonds. The number of H-pyrrole nitrogens is 1. The lowest BCUT2D eigenvalue weighted by atomic mass is 9.93. The average molecular weight is 260 g/mol. The van der Waals surface area contributed by atoms with Crippen molar-refractivity contribution in [3.8, 4) is 0 Å². The lowest BCUT2D eigenvalue weighted by molar-refractivity contribution is 0.411. The van der Waals surface area contributed by atoms with Crippen LogP contribution in [0.5, 0.6) is 0 Å². The van der Waals surface area contributed by atoms with E-state index in [1.54, 1.807) is 0 Å². The second-order valence-electron chi connectivity index (χ2n) is 5.97. The van der Waals surface area contributed by atoms with Gasteiger partial charge < -0.3 is 16.0 Å². The minimum Gasteiger partial charge on any atom is -0.342 e. The monoisotopic (exact) mass is 260 g/mol. The van der Waals surface area contributed by atoms with Crippen molar-refractivity contribution in [3.05, 3.63) is 29.6 Å². The molecular weight excluding hydrogens is 236 g/mol. The number of fused-ring (bicyclic) bond motifs is 1. The first kappa shape index (κ1) is 14.0.